The van der Waals surface area contributed by atoms with Crippen LogP contribution < -0.4 is 5.32 Å². The number of hydrogen-bond acceptors (Lipinski definition) is 3. The van der Waals surface area contributed by atoms with Gasteiger partial charge in [-0.05, 0) is 22.0 Å². The van der Waals surface area contributed by atoms with Gasteiger partial charge in [0.2, 0.25) is 0 Å². The van der Waals surface area contributed by atoms with Crippen LogP contribution >= 0.6 is 15.9 Å². The zero-order chi connectivity index (χ0) is 16.5. The van der Waals surface area contributed by atoms with Gasteiger partial charge >= 0.3 is 18.2 Å². The van der Waals surface area contributed by atoms with E-state index in [1.54, 1.807) is 0 Å². The third-order valence-electron chi connectivity index (χ3n) is 3.36. The molecule has 1 aromatic heterocycles. The van der Waals surface area contributed by atoms with Crippen LogP contribution in [0.1, 0.15) is 0 Å². The fraction of sp³-hybridized carbons (Fsp3) is 0.417. The molecule has 2 N–H and O–H groups in total. The van der Waals surface area contributed by atoms with Crippen LogP contribution in [-0.2, 0) is 4.79 Å². The third-order valence-corrected chi connectivity index (χ3v) is 3.99. The summed E-state index contributed by atoms with van der Waals surface area (Å²) >= 11 is 3.14. The van der Waals surface area contributed by atoms with E-state index in [4.69, 9.17) is 5.11 Å². The Kier molecular flexibility index (Phi) is 4.59. The van der Waals surface area contributed by atoms with E-state index in [0.717, 1.165) is 4.90 Å². The van der Waals surface area contributed by atoms with Crippen LogP contribution in [0.4, 0.5) is 23.7 Å². The molecular weight excluding hydrogens is 371 g/mol. The molecule has 22 heavy (non-hydrogen) atoms. The number of carbonyl (C=O) groups excluding carboxylic acids is 1. The van der Waals surface area contributed by atoms with Crippen LogP contribution in [0.3, 0.4) is 0 Å². The van der Waals surface area contributed by atoms with Crippen molar-refractivity contribution in [1.29, 1.82) is 0 Å². The zero-order valence-corrected chi connectivity index (χ0v) is 12.6. The summed E-state index contributed by atoms with van der Waals surface area (Å²) in [6.45, 7) is -1.18. The van der Waals surface area contributed by atoms with E-state index in [-0.39, 0.29) is 0 Å². The van der Waals surface area contributed by atoms with Crippen molar-refractivity contribution in [3.8, 4) is 0 Å². The maximum absolute atomic E-state index is 12.9. The van der Waals surface area contributed by atoms with E-state index >= 15 is 0 Å². The highest BCUT2D eigenvalue weighted by atomic mass is 79.9. The standard InChI is InChI=1S/C12H11BrF3N3O3/c13-8-3-17-2-1-9(8)18-11(22)19-4-6(10(20)21)7(5-19)12(14,15)16/h1-3,6-7H,4-5H2,(H,20,21)(H,17,18,22)/t6-,7-/m1/s1. The molecule has 0 unspecified atom stereocenters. The molecule has 0 aromatic carbocycles. The number of nitrogens with zero attached hydrogens (tertiary/aromatic N) is 2. The number of carboxylic acids is 1. The van der Waals surface area contributed by atoms with E-state index in [2.05, 4.69) is 26.2 Å². The zero-order valence-electron chi connectivity index (χ0n) is 11.0. The van der Waals surface area contributed by atoms with Crippen molar-refractivity contribution in [2.75, 3.05) is 18.4 Å². The minimum Gasteiger partial charge on any atom is -0.481 e. The van der Waals surface area contributed by atoms with Crippen LogP contribution in [0.15, 0.2) is 22.9 Å². The van der Waals surface area contributed by atoms with Gasteiger partial charge in [-0.15, -0.1) is 0 Å². The first-order valence-electron chi connectivity index (χ1n) is 6.15. The molecule has 120 valence electrons. The molecule has 1 fully saturated rings. The highest BCUT2D eigenvalue weighted by Gasteiger charge is 2.53. The number of aliphatic carboxylic acids is 1. The monoisotopic (exact) mass is 381 g/mol. The SMILES string of the molecule is O=C(O)[C@@H]1CN(C(=O)Nc2ccncc2Br)C[C@H]1C(F)(F)F. The highest BCUT2D eigenvalue weighted by Crippen LogP contribution is 2.38. The Labute approximate surface area is 131 Å². The number of likely N-dealkylation sites (tertiary alicyclic amines) is 1. The van der Waals surface area contributed by atoms with Crippen molar-refractivity contribution in [2.45, 2.75) is 6.18 Å². The lowest BCUT2D eigenvalue weighted by Gasteiger charge is -2.19. The molecule has 1 aliphatic heterocycles. The van der Waals surface area contributed by atoms with Crippen molar-refractivity contribution in [3.63, 3.8) is 0 Å². The number of halogens is 4. The molecule has 1 saturated heterocycles. The lowest BCUT2D eigenvalue weighted by Crippen LogP contribution is -2.35. The van der Waals surface area contributed by atoms with E-state index in [1.807, 2.05) is 0 Å². The maximum Gasteiger partial charge on any atom is 0.394 e. The lowest BCUT2D eigenvalue weighted by atomic mass is 9.96. The lowest BCUT2D eigenvalue weighted by molar-refractivity contribution is -0.187. The van der Waals surface area contributed by atoms with E-state index in [9.17, 15) is 22.8 Å². The Morgan fingerprint density at radius 3 is 2.59 bits per heavy atom. The molecule has 2 rings (SSSR count). The number of hydrogen-bond donors (Lipinski definition) is 2. The minimum atomic E-state index is -4.67. The van der Waals surface area contributed by atoms with E-state index < -0.39 is 43.1 Å². The van der Waals surface area contributed by atoms with Crippen LogP contribution in [0.2, 0.25) is 0 Å². The van der Waals surface area contributed by atoms with Crippen molar-refractivity contribution < 1.29 is 27.9 Å². The Balaban J connectivity index is 2.12. The largest absolute Gasteiger partial charge is 0.481 e. The first kappa shape index (κ1) is 16.5. The maximum atomic E-state index is 12.9. The number of alkyl halides is 3. The molecule has 2 atom stereocenters. The number of amides is 2. The van der Waals surface area contributed by atoms with E-state index in [0.29, 0.717) is 10.2 Å². The molecule has 0 spiro atoms. The van der Waals surface area contributed by atoms with Crippen LogP contribution in [-0.4, -0.2) is 46.3 Å². The van der Waals surface area contributed by atoms with Crippen molar-refractivity contribution >= 4 is 33.6 Å². The average molecular weight is 382 g/mol. The molecule has 1 aliphatic rings. The number of pyridine rings is 1. The predicted molar refractivity (Wildman–Crippen MR) is 73.2 cm³/mol. The van der Waals surface area contributed by atoms with Crippen molar-refractivity contribution in [2.24, 2.45) is 11.8 Å². The van der Waals surface area contributed by atoms with Gasteiger partial charge in [0.1, 0.15) is 0 Å². The Morgan fingerprint density at radius 2 is 2.09 bits per heavy atom. The quantitative estimate of drug-likeness (QED) is 0.824. The first-order chi connectivity index (χ1) is 10.2. The number of nitrogens with one attached hydrogen (secondary N) is 1. The van der Waals surface area contributed by atoms with Crippen LogP contribution in [0, 0.1) is 11.8 Å². The first-order valence-corrected chi connectivity index (χ1v) is 6.94. The summed E-state index contributed by atoms with van der Waals surface area (Å²) in [6, 6.07) is 0.679. The van der Waals surface area contributed by atoms with Gasteiger partial charge in [0.15, 0.2) is 0 Å². The van der Waals surface area contributed by atoms with Crippen LogP contribution in [0.5, 0.6) is 0 Å². The number of carboxylic acid groups (broad SMARTS) is 1. The number of aromatic nitrogens is 1. The molecule has 0 saturated carbocycles. The predicted octanol–water partition coefficient (Wildman–Crippen LogP) is 2.57. The molecule has 10 heteroatoms. The van der Waals surface area contributed by atoms with Crippen LogP contribution in [0.25, 0.3) is 0 Å². The molecule has 0 radical (unpaired) electrons. The number of carbonyl (C=O) groups is 2. The van der Waals surface area contributed by atoms with Gasteiger partial charge in [0.05, 0.1) is 22.0 Å². The summed E-state index contributed by atoms with van der Waals surface area (Å²) in [7, 11) is 0. The second kappa shape index (κ2) is 6.11. The summed E-state index contributed by atoms with van der Waals surface area (Å²) in [4.78, 5) is 27.6. The topological polar surface area (TPSA) is 82.5 Å². The molecule has 6 nitrogen and oxygen atoms in total. The molecule has 2 heterocycles. The van der Waals surface area contributed by atoms with Gasteiger partial charge < -0.3 is 15.3 Å². The molecule has 2 amide bonds. The Bertz CT molecular complexity index is 596. The minimum absolute atomic E-state index is 0.335. The van der Waals surface area contributed by atoms with Gasteiger partial charge in [-0.25, -0.2) is 4.79 Å². The summed E-state index contributed by atoms with van der Waals surface area (Å²) in [6.07, 6.45) is -1.85. The molecule has 0 bridgehead atoms. The van der Waals surface area contributed by atoms with Crippen molar-refractivity contribution in [1.82, 2.24) is 9.88 Å². The summed E-state index contributed by atoms with van der Waals surface area (Å²) in [5, 5.41) is 11.3. The normalized spacial score (nSPS) is 21.7. The smallest absolute Gasteiger partial charge is 0.394 e. The van der Waals surface area contributed by atoms with Gasteiger partial charge in [-0.3, -0.25) is 9.78 Å². The molecule has 1 aromatic rings. The Morgan fingerprint density at radius 1 is 1.41 bits per heavy atom. The van der Waals surface area contributed by atoms with E-state index in [1.165, 1.54) is 18.5 Å². The summed E-state index contributed by atoms with van der Waals surface area (Å²) in [5.74, 6) is -5.30. The van der Waals surface area contributed by atoms with Gasteiger partial charge in [0, 0.05) is 25.5 Å². The number of urea groups is 1. The number of rotatable bonds is 2. The third kappa shape index (κ3) is 3.49. The fourth-order valence-electron chi connectivity index (χ4n) is 2.22. The average Bonchev–Trinajstić information content (AvgIpc) is 2.86. The molecule has 0 aliphatic carbocycles. The highest BCUT2D eigenvalue weighted by molar-refractivity contribution is 9.10. The number of anilines is 1. The van der Waals surface area contributed by atoms with Crippen molar-refractivity contribution in [3.05, 3.63) is 22.9 Å². The molecular formula is C12H11BrF3N3O3. The van der Waals surface area contributed by atoms with Gasteiger partial charge in [-0.2, -0.15) is 13.2 Å². The Hall–Kier alpha value is -1.84. The van der Waals surface area contributed by atoms with Gasteiger partial charge in [0.25, 0.3) is 0 Å². The second-order valence-electron chi connectivity index (χ2n) is 4.78. The second-order valence-corrected chi connectivity index (χ2v) is 5.64. The summed E-state index contributed by atoms with van der Waals surface area (Å²) in [5.41, 5.74) is 0.335. The summed E-state index contributed by atoms with van der Waals surface area (Å²) < 4.78 is 39.0. The fourth-order valence-corrected chi connectivity index (χ4v) is 2.57. The van der Waals surface area contributed by atoms with Gasteiger partial charge in [-0.1, -0.05) is 0 Å².